The average Bonchev–Trinajstić information content (AvgIpc) is 2.50. The number of ketones is 1. The molecule has 114 valence electrons. The fraction of sp³-hybridized carbons (Fsp3) is 0.353. The van der Waals surface area contributed by atoms with E-state index in [1.807, 2.05) is 6.07 Å². The van der Waals surface area contributed by atoms with Crippen LogP contribution in [0.1, 0.15) is 29.6 Å². The van der Waals surface area contributed by atoms with Crippen LogP contribution in [0.3, 0.4) is 0 Å². The molecule has 0 bridgehead atoms. The highest BCUT2D eigenvalue weighted by Gasteiger charge is 2.18. The van der Waals surface area contributed by atoms with Crippen molar-refractivity contribution in [2.75, 3.05) is 14.1 Å². The fourth-order valence-corrected chi connectivity index (χ4v) is 1.84. The van der Waals surface area contributed by atoms with Gasteiger partial charge in [-0.25, -0.2) is 0 Å². The first-order chi connectivity index (χ1) is 10.5. The second kappa shape index (κ2) is 8.87. The summed E-state index contributed by atoms with van der Waals surface area (Å²) in [4.78, 5) is 24.8. The molecule has 1 amide bonds. The monoisotopic (exact) mass is 316 g/mol. The molecule has 5 heteroatoms. The summed E-state index contributed by atoms with van der Waals surface area (Å²) in [7, 11) is 3.26. The molecule has 0 aromatic heterocycles. The quantitative estimate of drug-likeness (QED) is 0.477. The Balaban J connectivity index is 2.52. The number of amides is 1. The van der Waals surface area contributed by atoms with Crippen LogP contribution in [0, 0.1) is 29.1 Å². The molecule has 0 saturated heterocycles. The number of carbonyl (C=O) groups excluding carboxylic acids is 2. The second-order valence-corrected chi connectivity index (χ2v) is 5.38. The zero-order valence-corrected chi connectivity index (χ0v) is 13.4. The van der Waals surface area contributed by atoms with Crippen LogP contribution >= 0.6 is 11.6 Å². The lowest BCUT2D eigenvalue weighted by Crippen LogP contribution is -2.19. The van der Waals surface area contributed by atoms with Gasteiger partial charge in [0.1, 0.15) is 5.92 Å². The normalized spacial score (nSPS) is 10.8. The zero-order valence-electron chi connectivity index (χ0n) is 12.6. The lowest BCUT2D eigenvalue weighted by Gasteiger charge is -2.07. The highest BCUT2D eigenvalue weighted by molar-refractivity contribution is 6.30. The number of rotatable bonds is 5. The van der Waals surface area contributed by atoms with E-state index in [-0.39, 0.29) is 11.7 Å². The lowest BCUT2D eigenvalue weighted by atomic mass is 9.94. The van der Waals surface area contributed by atoms with E-state index in [0.717, 1.165) is 0 Å². The Morgan fingerprint density at radius 2 is 1.91 bits per heavy atom. The Kier molecular flexibility index (Phi) is 7.16. The molecule has 0 heterocycles. The van der Waals surface area contributed by atoms with Gasteiger partial charge in [0.15, 0.2) is 5.78 Å². The molecular weight excluding hydrogens is 300 g/mol. The van der Waals surface area contributed by atoms with E-state index in [2.05, 4.69) is 11.8 Å². The number of benzene rings is 1. The third-order valence-electron chi connectivity index (χ3n) is 3.00. The fourth-order valence-electron chi connectivity index (χ4n) is 1.71. The van der Waals surface area contributed by atoms with Gasteiger partial charge in [-0.05, 0) is 43.0 Å². The van der Waals surface area contributed by atoms with Gasteiger partial charge in [-0.3, -0.25) is 9.59 Å². The van der Waals surface area contributed by atoms with Crippen molar-refractivity contribution in [2.45, 2.75) is 19.3 Å². The van der Waals surface area contributed by atoms with Gasteiger partial charge in [0, 0.05) is 31.1 Å². The summed E-state index contributed by atoms with van der Waals surface area (Å²) >= 11 is 5.77. The summed E-state index contributed by atoms with van der Waals surface area (Å²) in [6.07, 6.45) is 1.49. The van der Waals surface area contributed by atoms with Gasteiger partial charge in [-0.15, -0.1) is 0 Å². The largest absolute Gasteiger partial charge is 0.338 e. The molecule has 0 fully saturated rings. The van der Waals surface area contributed by atoms with Crippen LogP contribution in [-0.2, 0) is 4.79 Å². The minimum atomic E-state index is -0.701. The molecule has 0 N–H and O–H groups in total. The molecule has 0 aliphatic heterocycles. The summed E-state index contributed by atoms with van der Waals surface area (Å²) in [6.45, 7) is 0. The Morgan fingerprint density at radius 3 is 2.45 bits per heavy atom. The van der Waals surface area contributed by atoms with Gasteiger partial charge in [-0.1, -0.05) is 17.5 Å². The van der Waals surface area contributed by atoms with Gasteiger partial charge >= 0.3 is 0 Å². The smallest absolute Gasteiger partial charge is 0.297 e. The van der Waals surface area contributed by atoms with Crippen molar-refractivity contribution in [1.29, 1.82) is 5.26 Å². The number of nitrogens with zero attached hydrogens (tertiary/aromatic N) is 2. The summed E-state index contributed by atoms with van der Waals surface area (Å²) in [5, 5.41) is 9.68. The molecule has 0 spiro atoms. The van der Waals surface area contributed by atoms with Crippen LogP contribution < -0.4 is 0 Å². The molecule has 0 aliphatic rings. The van der Waals surface area contributed by atoms with Crippen molar-refractivity contribution in [2.24, 2.45) is 5.92 Å². The van der Waals surface area contributed by atoms with Crippen molar-refractivity contribution >= 4 is 23.3 Å². The van der Waals surface area contributed by atoms with E-state index in [9.17, 15) is 9.59 Å². The highest BCUT2D eigenvalue weighted by atomic mass is 35.5. The van der Waals surface area contributed by atoms with Gasteiger partial charge in [0.2, 0.25) is 0 Å². The molecule has 1 atom stereocenters. The third-order valence-corrected chi connectivity index (χ3v) is 3.25. The molecule has 1 aromatic rings. The zero-order chi connectivity index (χ0) is 16.5. The van der Waals surface area contributed by atoms with Crippen molar-refractivity contribution < 1.29 is 9.59 Å². The SMILES string of the molecule is CN(C)C(=O)C#CCCCC(C#N)C(=O)c1ccc(Cl)cc1. The topological polar surface area (TPSA) is 61.2 Å². The first-order valence-electron chi connectivity index (χ1n) is 6.85. The standard InChI is InChI=1S/C17H17ClN2O2/c1-20(2)16(21)7-5-3-4-6-14(12-19)17(22)13-8-10-15(18)11-9-13/h8-11,14H,3-4,6H2,1-2H3. The van der Waals surface area contributed by atoms with Gasteiger partial charge in [-0.2, -0.15) is 5.26 Å². The van der Waals surface area contributed by atoms with Crippen LogP contribution in [-0.4, -0.2) is 30.7 Å². The second-order valence-electron chi connectivity index (χ2n) is 4.95. The average molecular weight is 317 g/mol. The van der Waals surface area contributed by atoms with Crippen molar-refractivity contribution in [3.8, 4) is 17.9 Å². The van der Waals surface area contributed by atoms with Gasteiger partial charge in [0.05, 0.1) is 6.07 Å². The Morgan fingerprint density at radius 1 is 1.27 bits per heavy atom. The Hall–Kier alpha value is -2.30. The van der Waals surface area contributed by atoms with Crippen LogP contribution in [0.15, 0.2) is 24.3 Å². The summed E-state index contributed by atoms with van der Waals surface area (Å²) < 4.78 is 0. The molecule has 0 aliphatic carbocycles. The molecule has 22 heavy (non-hydrogen) atoms. The van der Waals surface area contributed by atoms with E-state index in [1.54, 1.807) is 38.4 Å². The first-order valence-corrected chi connectivity index (χ1v) is 7.23. The van der Waals surface area contributed by atoms with Crippen LogP contribution in [0.4, 0.5) is 0 Å². The number of Topliss-reactive ketones (excluding diaryl/α,β-unsaturated/α-hetero) is 1. The maximum Gasteiger partial charge on any atom is 0.297 e. The number of carbonyl (C=O) groups is 2. The third kappa shape index (κ3) is 5.60. The summed E-state index contributed by atoms with van der Waals surface area (Å²) in [5.74, 6) is 4.08. The van der Waals surface area contributed by atoms with E-state index in [0.29, 0.717) is 29.8 Å². The number of hydrogen-bond acceptors (Lipinski definition) is 3. The van der Waals surface area contributed by atoms with E-state index in [1.165, 1.54) is 4.90 Å². The van der Waals surface area contributed by atoms with Crippen LogP contribution in [0.2, 0.25) is 5.02 Å². The summed E-state index contributed by atoms with van der Waals surface area (Å²) in [6, 6.07) is 8.51. The summed E-state index contributed by atoms with van der Waals surface area (Å²) in [5.41, 5.74) is 0.477. The van der Waals surface area contributed by atoms with E-state index in [4.69, 9.17) is 16.9 Å². The molecule has 1 aromatic carbocycles. The number of nitriles is 1. The predicted molar refractivity (Wildman–Crippen MR) is 85.2 cm³/mol. The first kappa shape index (κ1) is 17.8. The Bertz CT molecular complexity index is 633. The molecule has 0 saturated carbocycles. The number of hydrogen-bond donors (Lipinski definition) is 0. The number of halogens is 1. The van der Waals surface area contributed by atoms with Crippen molar-refractivity contribution in [3.05, 3.63) is 34.9 Å². The van der Waals surface area contributed by atoms with E-state index < -0.39 is 5.92 Å². The number of unbranched alkanes of at least 4 members (excludes halogenated alkanes) is 1. The molecule has 1 unspecified atom stereocenters. The van der Waals surface area contributed by atoms with Gasteiger partial charge < -0.3 is 4.90 Å². The molecular formula is C17H17ClN2O2. The van der Waals surface area contributed by atoms with Gasteiger partial charge in [0.25, 0.3) is 5.91 Å². The maximum atomic E-state index is 12.2. The lowest BCUT2D eigenvalue weighted by molar-refractivity contribution is -0.122. The minimum absolute atomic E-state index is 0.212. The highest BCUT2D eigenvalue weighted by Crippen LogP contribution is 2.17. The van der Waals surface area contributed by atoms with Crippen molar-refractivity contribution in [1.82, 2.24) is 4.90 Å². The molecule has 4 nitrogen and oxygen atoms in total. The van der Waals surface area contributed by atoms with Crippen molar-refractivity contribution in [3.63, 3.8) is 0 Å². The Labute approximate surface area is 135 Å². The minimum Gasteiger partial charge on any atom is -0.338 e. The van der Waals surface area contributed by atoms with Crippen LogP contribution in [0.25, 0.3) is 0 Å². The maximum absolute atomic E-state index is 12.2. The van der Waals surface area contributed by atoms with Crippen LogP contribution in [0.5, 0.6) is 0 Å². The predicted octanol–water partition coefficient (Wildman–Crippen LogP) is 2.92. The molecule has 0 radical (unpaired) electrons. The molecule has 1 rings (SSSR count). The van der Waals surface area contributed by atoms with E-state index >= 15 is 0 Å².